The minimum absolute atomic E-state index is 0.401. The van der Waals surface area contributed by atoms with Gasteiger partial charge in [0.1, 0.15) is 0 Å². The number of hydrogen-bond acceptors (Lipinski definition) is 2. The first-order valence-corrected chi connectivity index (χ1v) is 3.72. The Bertz CT molecular complexity index is 122. The number of aliphatic hydroxyl groups is 2. The molecule has 2 N–H and O–H groups in total. The van der Waals surface area contributed by atoms with Gasteiger partial charge in [0.2, 0.25) is 0 Å². The number of aliphatic hydroxyl groups excluding tert-OH is 2. The van der Waals surface area contributed by atoms with Crippen molar-refractivity contribution in [2.75, 3.05) is 0 Å². The smallest absolute Gasteiger partial charge is 0.0804 e. The van der Waals surface area contributed by atoms with Gasteiger partial charge in [-0.15, -0.1) is 6.58 Å². The molecule has 1 fully saturated rings. The molecule has 0 unspecified atom stereocenters. The van der Waals surface area contributed by atoms with Crippen LogP contribution in [0.15, 0.2) is 12.7 Å². The zero-order valence-electron chi connectivity index (χ0n) is 6.03. The van der Waals surface area contributed by atoms with Crippen LogP contribution in [0.1, 0.15) is 19.3 Å². The third kappa shape index (κ3) is 1.58. The molecule has 1 aliphatic carbocycles. The molecule has 0 saturated heterocycles. The third-order valence-corrected chi connectivity index (χ3v) is 2.15. The first-order chi connectivity index (χ1) is 4.74. The van der Waals surface area contributed by atoms with Crippen molar-refractivity contribution in [1.29, 1.82) is 0 Å². The van der Waals surface area contributed by atoms with Crippen LogP contribution < -0.4 is 0 Å². The second kappa shape index (κ2) is 3.17. The van der Waals surface area contributed by atoms with E-state index in [1.807, 2.05) is 6.08 Å². The lowest BCUT2D eigenvalue weighted by Crippen LogP contribution is -2.32. The van der Waals surface area contributed by atoms with E-state index >= 15 is 0 Å². The second-order valence-electron chi connectivity index (χ2n) is 2.94. The van der Waals surface area contributed by atoms with Crippen molar-refractivity contribution >= 4 is 0 Å². The zero-order valence-corrected chi connectivity index (χ0v) is 6.03. The zero-order chi connectivity index (χ0) is 7.56. The van der Waals surface area contributed by atoms with Gasteiger partial charge in [0.05, 0.1) is 12.2 Å². The van der Waals surface area contributed by atoms with Gasteiger partial charge in [-0.05, 0) is 25.2 Å². The summed E-state index contributed by atoms with van der Waals surface area (Å²) >= 11 is 0. The summed E-state index contributed by atoms with van der Waals surface area (Å²) in [6.45, 7) is 3.65. The first kappa shape index (κ1) is 7.76. The average Bonchev–Trinajstić information content (AvgIpc) is 1.95. The highest BCUT2D eigenvalue weighted by Crippen LogP contribution is 2.24. The Labute approximate surface area is 61.2 Å². The maximum atomic E-state index is 9.18. The fourth-order valence-electron chi connectivity index (χ4n) is 1.38. The van der Waals surface area contributed by atoms with Gasteiger partial charge in [-0.3, -0.25) is 0 Å². The normalized spacial score (nSPS) is 41.2. The van der Waals surface area contributed by atoms with Crippen molar-refractivity contribution in [2.45, 2.75) is 31.5 Å². The van der Waals surface area contributed by atoms with Gasteiger partial charge in [-0.1, -0.05) is 6.08 Å². The summed E-state index contributed by atoms with van der Waals surface area (Å²) in [4.78, 5) is 0. The molecule has 0 aromatic heterocycles. The summed E-state index contributed by atoms with van der Waals surface area (Å²) in [6.07, 6.45) is 3.16. The Balaban J connectivity index is 2.40. The van der Waals surface area contributed by atoms with Crippen molar-refractivity contribution in [2.24, 2.45) is 5.92 Å². The monoisotopic (exact) mass is 142 g/mol. The van der Waals surface area contributed by atoms with Gasteiger partial charge in [0, 0.05) is 0 Å². The quantitative estimate of drug-likeness (QED) is 0.529. The second-order valence-corrected chi connectivity index (χ2v) is 2.94. The molecular formula is C8H14O2. The molecule has 0 aromatic carbocycles. The SMILES string of the molecule is C=C[C@@H]1CC[C@@H](O)[C@@H](O)C1. The molecule has 1 saturated carbocycles. The lowest BCUT2D eigenvalue weighted by atomic mass is 9.86. The minimum atomic E-state index is -0.531. The molecular weight excluding hydrogens is 128 g/mol. The highest BCUT2D eigenvalue weighted by atomic mass is 16.3. The van der Waals surface area contributed by atoms with Gasteiger partial charge in [0.25, 0.3) is 0 Å². The highest BCUT2D eigenvalue weighted by Gasteiger charge is 2.25. The third-order valence-electron chi connectivity index (χ3n) is 2.15. The van der Waals surface area contributed by atoms with Crippen LogP contribution in [0.3, 0.4) is 0 Å². The Hall–Kier alpha value is -0.340. The van der Waals surface area contributed by atoms with E-state index in [4.69, 9.17) is 5.11 Å². The Morgan fingerprint density at radius 1 is 1.20 bits per heavy atom. The number of allylic oxidation sites excluding steroid dienone is 1. The van der Waals surface area contributed by atoms with Crippen molar-refractivity contribution in [1.82, 2.24) is 0 Å². The van der Waals surface area contributed by atoms with E-state index in [1.54, 1.807) is 0 Å². The maximum absolute atomic E-state index is 9.18. The molecule has 2 heteroatoms. The average molecular weight is 142 g/mol. The molecule has 0 amide bonds. The highest BCUT2D eigenvalue weighted by molar-refractivity contribution is 4.88. The fourth-order valence-corrected chi connectivity index (χ4v) is 1.38. The summed E-state index contributed by atoms with van der Waals surface area (Å²) < 4.78 is 0. The Morgan fingerprint density at radius 3 is 2.40 bits per heavy atom. The van der Waals surface area contributed by atoms with Crippen LogP contribution in [0.4, 0.5) is 0 Å². The molecule has 10 heavy (non-hydrogen) atoms. The van der Waals surface area contributed by atoms with E-state index in [-0.39, 0.29) is 0 Å². The topological polar surface area (TPSA) is 40.5 Å². The molecule has 0 aromatic rings. The molecule has 0 aliphatic heterocycles. The minimum Gasteiger partial charge on any atom is -0.390 e. The van der Waals surface area contributed by atoms with E-state index in [2.05, 4.69) is 6.58 Å². The van der Waals surface area contributed by atoms with Crippen LogP contribution in [-0.2, 0) is 0 Å². The lowest BCUT2D eigenvalue weighted by Gasteiger charge is -2.27. The summed E-state index contributed by atoms with van der Waals surface area (Å²) in [6, 6.07) is 0. The van der Waals surface area contributed by atoms with E-state index in [9.17, 15) is 5.11 Å². The first-order valence-electron chi connectivity index (χ1n) is 3.72. The fraction of sp³-hybridized carbons (Fsp3) is 0.750. The molecule has 0 spiro atoms. The van der Waals surface area contributed by atoms with Crippen molar-refractivity contribution in [3.05, 3.63) is 12.7 Å². The van der Waals surface area contributed by atoms with Crippen LogP contribution in [0.2, 0.25) is 0 Å². The molecule has 0 bridgehead atoms. The van der Waals surface area contributed by atoms with Crippen LogP contribution in [-0.4, -0.2) is 22.4 Å². The van der Waals surface area contributed by atoms with E-state index in [0.29, 0.717) is 18.8 Å². The molecule has 2 nitrogen and oxygen atoms in total. The molecule has 58 valence electrons. The van der Waals surface area contributed by atoms with E-state index in [0.717, 1.165) is 6.42 Å². The Morgan fingerprint density at radius 2 is 1.90 bits per heavy atom. The van der Waals surface area contributed by atoms with Crippen LogP contribution in [0, 0.1) is 5.92 Å². The standard InChI is InChI=1S/C8H14O2/c1-2-6-3-4-7(9)8(10)5-6/h2,6-10H,1,3-5H2/t6-,7-,8+/m1/s1. The predicted octanol–water partition coefficient (Wildman–Crippen LogP) is 0.694. The van der Waals surface area contributed by atoms with Crippen LogP contribution in [0.5, 0.6) is 0 Å². The molecule has 3 atom stereocenters. The molecule has 1 aliphatic rings. The number of rotatable bonds is 1. The number of hydrogen-bond donors (Lipinski definition) is 2. The Kier molecular flexibility index (Phi) is 2.46. The lowest BCUT2D eigenvalue weighted by molar-refractivity contribution is -0.0188. The maximum Gasteiger partial charge on any atom is 0.0804 e. The van der Waals surface area contributed by atoms with Crippen LogP contribution in [0.25, 0.3) is 0 Å². The summed E-state index contributed by atoms with van der Waals surface area (Å²) in [5.41, 5.74) is 0. The van der Waals surface area contributed by atoms with E-state index < -0.39 is 12.2 Å². The van der Waals surface area contributed by atoms with Gasteiger partial charge in [0.15, 0.2) is 0 Å². The van der Waals surface area contributed by atoms with Gasteiger partial charge in [-0.2, -0.15) is 0 Å². The van der Waals surface area contributed by atoms with Crippen molar-refractivity contribution < 1.29 is 10.2 Å². The van der Waals surface area contributed by atoms with E-state index in [1.165, 1.54) is 0 Å². The predicted molar refractivity (Wildman–Crippen MR) is 39.6 cm³/mol. The molecule has 0 heterocycles. The van der Waals surface area contributed by atoms with Gasteiger partial charge in [-0.25, -0.2) is 0 Å². The van der Waals surface area contributed by atoms with Crippen molar-refractivity contribution in [3.63, 3.8) is 0 Å². The molecule has 0 radical (unpaired) electrons. The van der Waals surface area contributed by atoms with Crippen molar-refractivity contribution in [3.8, 4) is 0 Å². The van der Waals surface area contributed by atoms with Crippen LogP contribution >= 0.6 is 0 Å². The summed E-state index contributed by atoms with van der Waals surface area (Å²) in [5.74, 6) is 0.401. The summed E-state index contributed by atoms with van der Waals surface area (Å²) in [7, 11) is 0. The van der Waals surface area contributed by atoms with Gasteiger partial charge < -0.3 is 10.2 Å². The largest absolute Gasteiger partial charge is 0.390 e. The summed E-state index contributed by atoms with van der Waals surface area (Å²) in [5, 5.41) is 18.3. The molecule has 1 rings (SSSR count). The van der Waals surface area contributed by atoms with Gasteiger partial charge >= 0.3 is 0 Å².